The van der Waals surface area contributed by atoms with Gasteiger partial charge in [0.05, 0.1) is 17.0 Å². The zero-order valence-electron chi connectivity index (χ0n) is 11.0. The molecule has 0 unspecified atom stereocenters. The first kappa shape index (κ1) is 12.7. The lowest BCUT2D eigenvalue weighted by atomic mass is 9.96. The Morgan fingerprint density at radius 2 is 1.95 bits per heavy atom. The molecule has 2 N–H and O–H groups in total. The van der Waals surface area contributed by atoms with E-state index in [1.165, 1.54) is 0 Å². The molecule has 3 rings (SSSR count). The number of carboxylic acids is 1. The number of nitrogens with one attached hydrogen (secondary N) is 1. The molecule has 0 saturated carbocycles. The number of carboxylic acid groups (broad SMARTS) is 1. The van der Waals surface area contributed by atoms with Gasteiger partial charge in [-0.05, 0) is 25.0 Å². The summed E-state index contributed by atoms with van der Waals surface area (Å²) in [5, 5.41) is 10.00. The molecular weight excluding hydrogens is 256 g/mol. The highest BCUT2D eigenvalue weighted by Crippen LogP contribution is 2.22. The zero-order valence-corrected chi connectivity index (χ0v) is 11.0. The number of carbonyl (C=O) groups is 2. The molecule has 0 radical (unpaired) electrons. The van der Waals surface area contributed by atoms with Crippen molar-refractivity contribution in [2.24, 2.45) is 5.92 Å². The third-order valence-corrected chi connectivity index (χ3v) is 3.95. The van der Waals surface area contributed by atoms with Gasteiger partial charge in [-0.2, -0.15) is 0 Å². The molecule has 1 fully saturated rings. The molecule has 1 aromatic heterocycles. The summed E-state index contributed by atoms with van der Waals surface area (Å²) in [4.78, 5) is 28.3. The van der Waals surface area contributed by atoms with Crippen molar-refractivity contribution < 1.29 is 14.7 Å². The molecule has 104 valence electrons. The lowest BCUT2D eigenvalue weighted by Gasteiger charge is -2.30. The maximum atomic E-state index is 12.5. The van der Waals surface area contributed by atoms with Gasteiger partial charge in [-0.1, -0.05) is 12.1 Å². The number of benzene rings is 1. The predicted octanol–water partition coefficient (Wildman–Crippen LogP) is 2.10. The van der Waals surface area contributed by atoms with Gasteiger partial charge in [0.25, 0.3) is 5.91 Å². The molecule has 1 aromatic carbocycles. The second-order valence-corrected chi connectivity index (χ2v) is 5.15. The Balaban J connectivity index is 1.80. The number of hydrogen-bond donors (Lipinski definition) is 2. The average molecular weight is 272 g/mol. The smallest absolute Gasteiger partial charge is 0.306 e. The van der Waals surface area contributed by atoms with Crippen molar-refractivity contribution in [3.63, 3.8) is 0 Å². The predicted molar refractivity (Wildman–Crippen MR) is 74.6 cm³/mol. The van der Waals surface area contributed by atoms with Crippen LogP contribution in [0.5, 0.6) is 0 Å². The van der Waals surface area contributed by atoms with Crippen molar-refractivity contribution in [1.29, 1.82) is 0 Å². The molecular formula is C15H16N2O3. The molecule has 1 aliphatic rings. The summed E-state index contributed by atoms with van der Waals surface area (Å²) in [7, 11) is 0. The van der Waals surface area contributed by atoms with Crippen molar-refractivity contribution in [1.82, 2.24) is 9.88 Å². The van der Waals surface area contributed by atoms with Crippen LogP contribution in [0, 0.1) is 5.92 Å². The van der Waals surface area contributed by atoms with Crippen LogP contribution >= 0.6 is 0 Å². The monoisotopic (exact) mass is 272 g/mol. The summed E-state index contributed by atoms with van der Waals surface area (Å²) in [6.07, 6.45) is 2.88. The standard InChI is InChI=1S/C15H16N2O3/c18-14(17-8-5-11(6-9-17)15(19)20)12-3-1-2-10-4-7-16-13(10)12/h1-4,7,11,16H,5-6,8-9H2,(H,19,20). The molecule has 1 aliphatic heterocycles. The highest BCUT2D eigenvalue weighted by atomic mass is 16.4. The second-order valence-electron chi connectivity index (χ2n) is 5.15. The summed E-state index contributed by atoms with van der Waals surface area (Å²) in [6.45, 7) is 1.01. The molecule has 2 heterocycles. The van der Waals surface area contributed by atoms with Gasteiger partial charge in [-0.3, -0.25) is 9.59 Å². The molecule has 0 spiro atoms. The molecule has 2 aromatic rings. The van der Waals surface area contributed by atoms with Crippen LogP contribution in [0.15, 0.2) is 30.5 Å². The molecule has 5 nitrogen and oxygen atoms in total. The van der Waals surface area contributed by atoms with E-state index in [1.54, 1.807) is 4.90 Å². The summed E-state index contributed by atoms with van der Waals surface area (Å²) >= 11 is 0. The summed E-state index contributed by atoms with van der Waals surface area (Å²) < 4.78 is 0. The minimum Gasteiger partial charge on any atom is -0.481 e. The van der Waals surface area contributed by atoms with E-state index in [-0.39, 0.29) is 11.8 Å². The number of aliphatic carboxylic acids is 1. The number of carbonyl (C=O) groups excluding carboxylic acids is 1. The van der Waals surface area contributed by atoms with Crippen LogP contribution in [-0.4, -0.2) is 40.0 Å². The molecule has 0 aliphatic carbocycles. The largest absolute Gasteiger partial charge is 0.481 e. The number of para-hydroxylation sites is 1. The van der Waals surface area contributed by atoms with Gasteiger partial charge in [0.2, 0.25) is 0 Å². The number of rotatable bonds is 2. The molecule has 1 saturated heterocycles. The second kappa shape index (κ2) is 5.00. The topological polar surface area (TPSA) is 73.4 Å². The Morgan fingerprint density at radius 3 is 2.65 bits per heavy atom. The third-order valence-electron chi connectivity index (χ3n) is 3.95. The van der Waals surface area contributed by atoms with E-state index in [9.17, 15) is 9.59 Å². The van der Waals surface area contributed by atoms with E-state index >= 15 is 0 Å². The van der Waals surface area contributed by atoms with Crippen molar-refractivity contribution in [3.05, 3.63) is 36.0 Å². The summed E-state index contributed by atoms with van der Waals surface area (Å²) in [6, 6.07) is 7.57. The van der Waals surface area contributed by atoms with Crippen molar-refractivity contribution in [3.8, 4) is 0 Å². The highest BCUT2D eigenvalue weighted by molar-refractivity contribution is 6.05. The van der Waals surface area contributed by atoms with Crippen LogP contribution in [-0.2, 0) is 4.79 Å². The van der Waals surface area contributed by atoms with Crippen LogP contribution in [0.25, 0.3) is 10.9 Å². The van der Waals surface area contributed by atoms with E-state index in [0.29, 0.717) is 31.5 Å². The minimum absolute atomic E-state index is 0.0260. The van der Waals surface area contributed by atoms with Crippen LogP contribution < -0.4 is 0 Å². The number of aromatic nitrogens is 1. The molecule has 20 heavy (non-hydrogen) atoms. The Hall–Kier alpha value is -2.30. The fourth-order valence-electron chi connectivity index (χ4n) is 2.76. The van der Waals surface area contributed by atoms with Crippen molar-refractivity contribution in [2.45, 2.75) is 12.8 Å². The zero-order chi connectivity index (χ0) is 14.1. The summed E-state index contributed by atoms with van der Waals surface area (Å²) in [5.74, 6) is -1.11. The van der Waals surface area contributed by atoms with E-state index in [2.05, 4.69) is 4.98 Å². The van der Waals surface area contributed by atoms with Gasteiger partial charge in [-0.25, -0.2) is 0 Å². The third kappa shape index (κ3) is 2.15. The van der Waals surface area contributed by atoms with Gasteiger partial charge in [0, 0.05) is 24.7 Å². The van der Waals surface area contributed by atoms with E-state index in [4.69, 9.17) is 5.11 Å². The number of H-pyrrole nitrogens is 1. The highest BCUT2D eigenvalue weighted by Gasteiger charge is 2.28. The number of amides is 1. The first-order valence-electron chi connectivity index (χ1n) is 6.75. The Kier molecular flexibility index (Phi) is 3.18. The fraction of sp³-hybridized carbons (Fsp3) is 0.333. The fourth-order valence-corrected chi connectivity index (χ4v) is 2.76. The van der Waals surface area contributed by atoms with E-state index < -0.39 is 5.97 Å². The normalized spacial score (nSPS) is 16.5. The van der Waals surface area contributed by atoms with Gasteiger partial charge >= 0.3 is 5.97 Å². The van der Waals surface area contributed by atoms with Gasteiger partial charge in [0.1, 0.15) is 0 Å². The number of hydrogen-bond acceptors (Lipinski definition) is 2. The Morgan fingerprint density at radius 1 is 1.20 bits per heavy atom. The van der Waals surface area contributed by atoms with Crippen LogP contribution in [0.4, 0.5) is 0 Å². The van der Waals surface area contributed by atoms with Gasteiger partial charge in [-0.15, -0.1) is 0 Å². The van der Waals surface area contributed by atoms with Crippen LogP contribution in [0.3, 0.4) is 0 Å². The number of aromatic amines is 1. The molecule has 0 atom stereocenters. The minimum atomic E-state index is -0.761. The van der Waals surface area contributed by atoms with Gasteiger partial charge in [0.15, 0.2) is 0 Å². The first-order valence-corrected chi connectivity index (χ1v) is 6.75. The average Bonchev–Trinajstić information content (AvgIpc) is 2.95. The lowest BCUT2D eigenvalue weighted by Crippen LogP contribution is -2.40. The Bertz CT molecular complexity index is 654. The van der Waals surface area contributed by atoms with Gasteiger partial charge < -0.3 is 15.0 Å². The maximum absolute atomic E-state index is 12.5. The molecule has 5 heteroatoms. The number of likely N-dealkylation sites (tertiary alicyclic amines) is 1. The SMILES string of the molecule is O=C(O)C1CCN(C(=O)c2cccc3cc[nH]c23)CC1. The number of piperidine rings is 1. The van der Waals surface area contributed by atoms with Crippen LogP contribution in [0.2, 0.25) is 0 Å². The Labute approximate surface area is 116 Å². The lowest BCUT2D eigenvalue weighted by molar-refractivity contribution is -0.143. The number of fused-ring (bicyclic) bond motifs is 1. The van der Waals surface area contributed by atoms with Crippen LogP contribution in [0.1, 0.15) is 23.2 Å². The van der Waals surface area contributed by atoms with Crippen molar-refractivity contribution in [2.75, 3.05) is 13.1 Å². The molecule has 0 bridgehead atoms. The maximum Gasteiger partial charge on any atom is 0.306 e. The molecule has 1 amide bonds. The van der Waals surface area contributed by atoms with E-state index in [0.717, 1.165) is 10.9 Å². The first-order chi connectivity index (χ1) is 9.66. The summed E-state index contributed by atoms with van der Waals surface area (Å²) in [5.41, 5.74) is 1.50. The quantitative estimate of drug-likeness (QED) is 0.879. The van der Waals surface area contributed by atoms with Crippen molar-refractivity contribution >= 4 is 22.8 Å². The van der Waals surface area contributed by atoms with E-state index in [1.807, 2.05) is 30.5 Å². The number of nitrogens with zero attached hydrogens (tertiary/aromatic N) is 1.